The SMILES string of the molecule is O=C(O)N1CCC[C@H]1c1nnn(Cc2ccccc2)n1. The lowest BCUT2D eigenvalue weighted by atomic mass is 10.2. The smallest absolute Gasteiger partial charge is 0.407 e. The molecule has 1 N–H and O–H groups in total. The molecule has 7 nitrogen and oxygen atoms in total. The Bertz CT molecular complexity index is 598. The van der Waals surface area contributed by atoms with Crippen molar-refractivity contribution in [1.82, 2.24) is 25.1 Å². The van der Waals surface area contributed by atoms with Crippen LogP contribution in [0.15, 0.2) is 30.3 Å². The van der Waals surface area contributed by atoms with E-state index >= 15 is 0 Å². The molecule has 0 spiro atoms. The minimum Gasteiger partial charge on any atom is -0.465 e. The fraction of sp³-hybridized carbons (Fsp3) is 0.385. The summed E-state index contributed by atoms with van der Waals surface area (Å²) in [5.41, 5.74) is 1.08. The standard InChI is InChI=1S/C13H15N5O2/c19-13(20)17-8-4-7-11(17)12-14-16-18(15-12)9-10-5-2-1-3-6-10/h1-3,5-6,11H,4,7-9H2,(H,19,20)/t11-/m0/s1. The van der Waals surface area contributed by atoms with E-state index in [1.165, 1.54) is 9.70 Å². The molecule has 0 bridgehead atoms. The number of likely N-dealkylation sites (tertiary alicyclic amines) is 1. The first-order chi connectivity index (χ1) is 9.74. The predicted octanol–water partition coefficient (Wildman–Crippen LogP) is 1.54. The number of amides is 1. The van der Waals surface area contributed by atoms with E-state index in [-0.39, 0.29) is 6.04 Å². The number of rotatable bonds is 3. The Balaban J connectivity index is 1.75. The highest BCUT2D eigenvalue weighted by Gasteiger charge is 2.32. The van der Waals surface area contributed by atoms with Gasteiger partial charge in [-0.15, -0.1) is 10.2 Å². The molecule has 2 aromatic rings. The number of hydrogen-bond acceptors (Lipinski definition) is 4. The Morgan fingerprint density at radius 2 is 2.15 bits per heavy atom. The fourth-order valence-corrected chi connectivity index (χ4v) is 2.47. The molecule has 104 valence electrons. The first-order valence-corrected chi connectivity index (χ1v) is 6.55. The van der Waals surface area contributed by atoms with Crippen LogP contribution < -0.4 is 0 Å². The summed E-state index contributed by atoms with van der Waals surface area (Å²) in [4.78, 5) is 14.0. The number of carboxylic acid groups (broad SMARTS) is 1. The number of nitrogens with zero attached hydrogens (tertiary/aromatic N) is 5. The van der Waals surface area contributed by atoms with Crippen LogP contribution in [-0.4, -0.2) is 42.9 Å². The Kier molecular flexibility index (Phi) is 3.32. The van der Waals surface area contributed by atoms with Gasteiger partial charge >= 0.3 is 6.09 Å². The van der Waals surface area contributed by atoms with Crippen LogP contribution in [-0.2, 0) is 6.54 Å². The van der Waals surface area contributed by atoms with Crippen molar-refractivity contribution in [2.45, 2.75) is 25.4 Å². The van der Waals surface area contributed by atoms with Crippen molar-refractivity contribution >= 4 is 6.09 Å². The molecule has 20 heavy (non-hydrogen) atoms. The van der Waals surface area contributed by atoms with Gasteiger partial charge < -0.3 is 5.11 Å². The van der Waals surface area contributed by atoms with Crippen molar-refractivity contribution in [3.05, 3.63) is 41.7 Å². The molecule has 1 atom stereocenters. The Morgan fingerprint density at radius 3 is 2.90 bits per heavy atom. The van der Waals surface area contributed by atoms with Gasteiger partial charge in [-0.2, -0.15) is 4.80 Å². The first-order valence-electron chi connectivity index (χ1n) is 6.55. The number of hydrogen-bond donors (Lipinski definition) is 1. The van der Waals surface area contributed by atoms with E-state index in [2.05, 4.69) is 15.4 Å². The van der Waals surface area contributed by atoms with Gasteiger partial charge in [-0.3, -0.25) is 4.90 Å². The highest BCUT2D eigenvalue weighted by atomic mass is 16.4. The molecule has 1 aliphatic heterocycles. The van der Waals surface area contributed by atoms with E-state index in [0.717, 1.165) is 18.4 Å². The molecule has 0 unspecified atom stereocenters. The number of benzene rings is 1. The summed E-state index contributed by atoms with van der Waals surface area (Å²) in [5.74, 6) is 0.487. The van der Waals surface area contributed by atoms with Crippen molar-refractivity contribution in [3.63, 3.8) is 0 Å². The minimum atomic E-state index is -0.924. The van der Waals surface area contributed by atoms with E-state index in [1.54, 1.807) is 0 Å². The molecule has 0 radical (unpaired) electrons. The van der Waals surface area contributed by atoms with E-state index in [4.69, 9.17) is 5.11 Å². The molecule has 3 rings (SSSR count). The van der Waals surface area contributed by atoms with Gasteiger partial charge in [-0.1, -0.05) is 30.3 Å². The number of tetrazole rings is 1. The van der Waals surface area contributed by atoms with Gasteiger partial charge in [-0.25, -0.2) is 4.79 Å². The quantitative estimate of drug-likeness (QED) is 0.916. The zero-order valence-electron chi connectivity index (χ0n) is 10.9. The van der Waals surface area contributed by atoms with Crippen molar-refractivity contribution < 1.29 is 9.90 Å². The lowest BCUT2D eigenvalue weighted by molar-refractivity contribution is 0.138. The molecule has 1 saturated heterocycles. The van der Waals surface area contributed by atoms with Gasteiger partial charge in [0, 0.05) is 6.54 Å². The third-order valence-electron chi connectivity index (χ3n) is 3.43. The maximum atomic E-state index is 11.1. The summed E-state index contributed by atoms with van der Waals surface area (Å²) in [5, 5.41) is 21.4. The molecule has 2 heterocycles. The van der Waals surface area contributed by atoms with Gasteiger partial charge in [-0.05, 0) is 23.6 Å². The average molecular weight is 273 g/mol. The molecule has 1 amide bonds. The van der Waals surface area contributed by atoms with Gasteiger partial charge in [0.1, 0.15) is 0 Å². The summed E-state index contributed by atoms with van der Waals surface area (Å²) in [6, 6.07) is 9.57. The summed E-state index contributed by atoms with van der Waals surface area (Å²) < 4.78 is 0. The van der Waals surface area contributed by atoms with Crippen molar-refractivity contribution in [1.29, 1.82) is 0 Å². The highest BCUT2D eigenvalue weighted by molar-refractivity contribution is 5.65. The third-order valence-corrected chi connectivity index (χ3v) is 3.43. The largest absolute Gasteiger partial charge is 0.465 e. The average Bonchev–Trinajstić information content (AvgIpc) is 3.07. The topological polar surface area (TPSA) is 84.1 Å². The summed E-state index contributed by atoms with van der Waals surface area (Å²) in [6.07, 6.45) is 0.667. The Hall–Kier alpha value is -2.44. The van der Waals surface area contributed by atoms with E-state index in [0.29, 0.717) is 18.9 Å². The third kappa shape index (κ3) is 2.47. The second-order valence-electron chi connectivity index (χ2n) is 4.80. The Morgan fingerprint density at radius 1 is 1.35 bits per heavy atom. The molecule has 1 aliphatic rings. The minimum absolute atomic E-state index is 0.267. The predicted molar refractivity (Wildman–Crippen MR) is 70.1 cm³/mol. The van der Waals surface area contributed by atoms with Gasteiger partial charge in [0.15, 0.2) is 5.82 Å². The van der Waals surface area contributed by atoms with Gasteiger partial charge in [0.05, 0.1) is 12.6 Å². The van der Waals surface area contributed by atoms with Crippen LogP contribution in [0.3, 0.4) is 0 Å². The van der Waals surface area contributed by atoms with Crippen LogP contribution in [0.1, 0.15) is 30.3 Å². The number of aromatic nitrogens is 4. The van der Waals surface area contributed by atoms with Crippen LogP contribution >= 0.6 is 0 Å². The molecular weight excluding hydrogens is 258 g/mol. The second kappa shape index (κ2) is 5.28. The van der Waals surface area contributed by atoms with E-state index < -0.39 is 6.09 Å². The van der Waals surface area contributed by atoms with Gasteiger partial charge in [0.2, 0.25) is 0 Å². The van der Waals surface area contributed by atoms with E-state index in [1.807, 2.05) is 30.3 Å². The van der Waals surface area contributed by atoms with E-state index in [9.17, 15) is 4.79 Å². The lowest BCUT2D eigenvalue weighted by Crippen LogP contribution is -2.29. The first kappa shape index (κ1) is 12.6. The lowest BCUT2D eigenvalue weighted by Gasteiger charge is -2.17. The van der Waals surface area contributed by atoms with Crippen LogP contribution in [0.2, 0.25) is 0 Å². The van der Waals surface area contributed by atoms with Crippen LogP contribution in [0.5, 0.6) is 0 Å². The summed E-state index contributed by atoms with van der Waals surface area (Å²) in [6.45, 7) is 1.07. The normalized spacial score (nSPS) is 18.4. The molecule has 1 fully saturated rings. The zero-order chi connectivity index (χ0) is 13.9. The zero-order valence-corrected chi connectivity index (χ0v) is 10.9. The molecule has 0 aliphatic carbocycles. The molecular formula is C13H15N5O2. The maximum absolute atomic E-state index is 11.1. The van der Waals surface area contributed by atoms with Gasteiger partial charge in [0.25, 0.3) is 0 Å². The molecule has 1 aromatic carbocycles. The van der Waals surface area contributed by atoms with Crippen LogP contribution in [0, 0.1) is 0 Å². The summed E-state index contributed by atoms with van der Waals surface area (Å²) >= 11 is 0. The fourth-order valence-electron chi connectivity index (χ4n) is 2.47. The summed E-state index contributed by atoms with van der Waals surface area (Å²) in [7, 11) is 0. The second-order valence-corrected chi connectivity index (χ2v) is 4.80. The number of carbonyl (C=O) groups is 1. The molecule has 1 aromatic heterocycles. The highest BCUT2D eigenvalue weighted by Crippen LogP contribution is 2.29. The Labute approximate surface area is 115 Å². The van der Waals surface area contributed by atoms with Crippen LogP contribution in [0.25, 0.3) is 0 Å². The maximum Gasteiger partial charge on any atom is 0.407 e. The van der Waals surface area contributed by atoms with Crippen molar-refractivity contribution in [2.75, 3.05) is 6.54 Å². The molecule has 0 saturated carbocycles. The monoisotopic (exact) mass is 273 g/mol. The molecule has 7 heteroatoms. The van der Waals surface area contributed by atoms with Crippen molar-refractivity contribution in [2.24, 2.45) is 0 Å². The van der Waals surface area contributed by atoms with Crippen molar-refractivity contribution in [3.8, 4) is 0 Å². The van der Waals surface area contributed by atoms with Crippen LogP contribution in [0.4, 0.5) is 4.79 Å².